The Labute approximate surface area is 196 Å². The molecule has 1 N–H and O–H groups in total. The molecule has 4 rings (SSSR count). The molecular weight excluding hydrogens is 442 g/mol. The predicted molar refractivity (Wildman–Crippen MR) is 132 cm³/mol. The van der Waals surface area contributed by atoms with Crippen molar-refractivity contribution in [3.05, 3.63) is 88.9 Å². The largest absolute Gasteiger partial charge is 0.324 e. The molecule has 0 fully saturated rings. The lowest BCUT2D eigenvalue weighted by Gasteiger charge is -2.24. The maximum Gasteiger partial charge on any atom is 0.252 e. The number of thioether (sulfide) groups is 1. The minimum Gasteiger partial charge on any atom is -0.324 e. The molecular formula is C25H22ClN3O2S. The SMILES string of the molecule is CSc1cccc(NC(=O)CN2C(=O)C(C)N=C(c3ccccc3)c3cc(Cl)ccc32)c1. The van der Waals surface area contributed by atoms with Crippen molar-refractivity contribution in [2.75, 3.05) is 23.0 Å². The number of halogens is 1. The highest BCUT2D eigenvalue weighted by molar-refractivity contribution is 7.98. The van der Waals surface area contributed by atoms with Crippen molar-refractivity contribution in [1.29, 1.82) is 0 Å². The van der Waals surface area contributed by atoms with Crippen LogP contribution in [0.1, 0.15) is 18.1 Å². The molecule has 1 aliphatic rings. The number of carbonyl (C=O) groups excluding carboxylic acids is 2. The van der Waals surface area contributed by atoms with E-state index in [1.807, 2.05) is 60.9 Å². The van der Waals surface area contributed by atoms with E-state index in [1.165, 1.54) is 4.90 Å². The molecule has 7 heteroatoms. The van der Waals surface area contributed by atoms with Gasteiger partial charge in [0.15, 0.2) is 0 Å². The second kappa shape index (κ2) is 9.59. The Morgan fingerprint density at radius 2 is 1.88 bits per heavy atom. The molecule has 0 aromatic heterocycles. The summed E-state index contributed by atoms with van der Waals surface area (Å²) >= 11 is 7.90. The minimum absolute atomic E-state index is 0.126. The monoisotopic (exact) mass is 463 g/mol. The lowest BCUT2D eigenvalue weighted by Crippen LogP contribution is -2.42. The van der Waals surface area contributed by atoms with E-state index in [0.29, 0.717) is 22.1 Å². The van der Waals surface area contributed by atoms with E-state index in [2.05, 4.69) is 5.32 Å². The zero-order chi connectivity index (χ0) is 22.7. The van der Waals surface area contributed by atoms with Crippen LogP contribution in [-0.4, -0.2) is 36.4 Å². The topological polar surface area (TPSA) is 61.8 Å². The number of anilines is 2. The van der Waals surface area contributed by atoms with Crippen molar-refractivity contribution in [2.24, 2.45) is 4.99 Å². The van der Waals surface area contributed by atoms with Crippen LogP contribution in [0.2, 0.25) is 5.02 Å². The van der Waals surface area contributed by atoms with E-state index in [-0.39, 0.29) is 18.4 Å². The summed E-state index contributed by atoms with van der Waals surface area (Å²) in [5, 5.41) is 3.43. The maximum absolute atomic E-state index is 13.3. The molecule has 3 aromatic carbocycles. The first-order valence-corrected chi connectivity index (χ1v) is 11.7. The Morgan fingerprint density at radius 1 is 1.09 bits per heavy atom. The van der Waals surface area contributed by atoms with Crippen LogP contribution < -0.4 is 10.2 Å². The number of nitrogens with one attached hydrogen (secondary N) is 1. The molecule has 1 unspecified atom stereocenters. The average molecular weight is 464 g/mol. The standard InChI is InChI=1S/C25H22ClN3O2S/c1-16-25(31)29(15-23(30)28-19-9-6-10-20(14-19)32-2)22-12-11-18(26)13-21(22)24(27-16)17-7-4-3-5-8-17/h3-14,16H,15H2,1-2H3,(H,28,30). The highest BCUT2D eigenvalue weighted by Crippen LogP contribution is 2.31. The molecule has 3 aromatic rings. The van der Waals surface area contributed by atoms with Crippen LogP contribution in [0.15, 0.2) is 82.7 Å². The fraction of sp³-hybridized carbons (Fsp3) is 0.160. The van der Waals surface area contributed by atoms with Gasteiger partial charge in [0.25, 0.3) is 5.91 Å². The zero-order valence-electron chi connectivity index (χ0n) is 17.7. The quantitative estimate of drug-likeness (QED) is 0.524. The number of amides is 2. The van der Waals surface area contributed by atoms with E-state index in [0.717, 1.165) is 16.0 Å². The van der Waals surface area contributed by atoms with Crippen LogP contribution in [0.25, 0.3) is 0 Å². The van der Waals surface area contributed by atoms with E-state index >= 15 is 0 Å². The van der Waals surface area contributed by atoms with Crippen LogP contribution >= 0.6 is 23.4 Å². The Kier molecular flexibility index (Phi) is 6.63. The van der Waals surface area contributed by atoms with Gasteiger partial charge in [-0.2, -0.15) is 0 Å². The third kappa shape index (κ3) is 4.71. The Bertz CT molecular complexity index is 1200. The molecule has 0 aliphatic carbocycles. The van der Waals surface area contributed by atoms with Gasteiger partial charge in [-0.15, -0.1) is 11.8 Å². The molecule has 2 amide bonds. The Morgan fingerprint density at radius 3 is 2.62 bits per heavy atom. The van der Waals surface area contributed by atoms with Crippen LogP contribution in [-0.2, 0) is 9.59 Å². The van der Waals surface area contributed by atoms with Crippen molar-refractivity contribution in [3.63, 3.8) is 0 Å². The summed E-state index contributed by atoms with van der Waals surface area (Å²) in [6.07, 6.45) is 1.98. The number of rotatable bonds is 5. The molecule has 1 aliphatic heterocycles. The summed E-state index contributed by atoms with van der Waals surface area (Å²) in [6, 6.07) is 21.9. The zero-order valence-corrected chi connectivity index (χ0v) is 19.3. The van der Waals surface area contributed by atoms with Crippen molar-refractivity contribution >= 4 is 52.3 Å². The van der Waals surface area contributed by atoms with Crippen LogP contribution in [0, 0.1) is 0 Å². The summed E-state index contributed by atoms with van der Waals surface area (Å²) in [4.78, 5) is 33.4. The summed E-state index contributed by atoms with van der Waals surface area (Å²) in [5.74, 6) is -0.527. The fourth-order valence-electron chi connectivity index (χ4n) is 3.63. The number of fused-ring (bicyclic) bond motifs is 1. The molecule has 0 saturated heterocycles. The van der Waals surface area contributed by atoms with Crippen molar-refractivity contribution in [3.8, 4) is 0 Å². The summed E-state index contributed by atoms with van der Waals surface area (Å²) in [7, 11) is 0. The molecule has 32 heavy (non-hydrogen) atoms. The smallest absolute Gasteiger partial charge is 0.252 e. The van der Waals surface area contributed by atoms with Crippen LogP contribution in [0.4, 0.5) is 11.4 Å². The Hall–Kier alpha value is -3.09. The first-order valence-electron chi connectivity index (χ1n) is 10.1. The highest BCUT2D eigenvalue weighted by Gasteiger charge is 2.31. The molecule has 0 saturated carbocycles. The number of hydrogen-bond donors (Lipinski definition) is 1. The normalized spacial score (nSPS) is 15.6. The minimum atomic E-state index is -0.649. The average Bonchev–Trinajstić information content (AvgIpc) is 2.90. The van der Waals surface area contributed by atoms with E-state index in [1.54, 1.807) is 36.9 Å². The predicted octanol–water partition coefficient (Wildman–Crippen LogP) is 5.27. The number of benzodiazepines with no additional fused rings is 1. The van der Waals surface area contributed by atoms with Crippen LogP contribution in [0.5, 0.6) is 0 Å². The van der Waals surface area contributed by atoms with Gasteiger partial charge in [0.2, 0.25) is 5.91 Å². The summed E-state index contributed by atoms with van der Waals surface area (Å²) in [5.41, 5.74) is 3.59. The molecule has 5 nitrogen and oxygen atoms in total. The van der Waals surface area contributed by atoms with Gasteiger partial charge in [-0.3, -0.25) is 14.6 Å². The second-order valence-corrected chi connectivity index (χ2v) is 8.70. The van der Waals surface area contributed by atoms with E-state index in [9.17, 15) is 9.59 Å². The molecule has 0 radical (unpaired) electrons. The van der Waals surface area contributed by atoms with Gasteiger partial charge in [0.05, 0.1) is 11.4 Å². The molecule has 0 bridgehead atoms. The first kappa shape index (κ1) is 22.1. The number of benzene rings is 3. The van der Waals surface area contributed by atoms with E-state index in [4.69, 9.17) is 16.6 Å². The number of aliphatic imine (C=N–C) groups is 1. The number of hydrogen-bond acceptors (Lipinski definition) is 4. The van der Waals surface area contributed by atoms with Gasteiger partial charge >= 0.3 is 0 Å². The van der Waals surface area contributed by atoms with Gasteiger partial charge in [-0.25, -0.2) is 0 Å². The maximum atomic E-state index is 13.3. The van der Waals surface area contributed by atoms with Gasteiger partial charge in [-0.1, -0.05) is 48.0 Å². The third-order valence-electron chi connectivity index (χ3n) is 5.15. The molecule has 1 atom stereocenters. The lowest BCUT2D eigenvalue weighted by molar-refractivity contribution is -0.122. The van der Waals surface area contributed by atoms with Gasteiger partial charge in [-0.05, 0) is 49.6 Å². The van der Waals surface area contributed by atoms with Crippen molar-refractivity contribution in [2.45, 2.75) is 17.9 Å². The van der Waals surface area contributed by atoms with E-state index < -0.39 is 6.04 Å². The highest BCUT2D eigenvalue weighted by atomic mass is 35.5. The Balaban J connectivity index is 1.69. The van der Waals surface area contributed by atoms with Gasteiger partial charge < -0.3 is 10.2 Å². The summed E-state index contributed by atoms with van der Waals surface area (Å²) < 4.78 is 0. The second-order valence-electron chi connectivity index (χ2n) is 7.39. The van der Waals surface area contributed by atoms with Crippen LogP contribution in [0.3, 0.4) is 0 Å². The first-order chi connectivity index (χ1) is 15.5. The number of nitrogens with zero attached hydrogens (tertiary/aromatic N) is 2. The third-order valence-corrected chi connectivity index (χ3v) is 6.11. The molecule has 162 valence electrons. The van der Waals surface area contributed by atoms with Crippen molar-refractivity contribution in [1.82, 2.24) is 0 Å². The van der Waals surface area contributed by atoms with Gasteiger partial charge in [0.1, 0.15) is 12.6 Å². The molecule has 0 spiro atoms. The van der Waals surface area contributed by atoms with Gasteiger partial charge in [0, 0.05) is 26.7 Å². The molecule has 1 heterocycles. The van der Waals surface area contributed by atoms with Crippen molar-refractivity contribution < 1.29 is 9.59 Å². The summed E-state index contributed by atoms with van der Waals surface area (Å²) in [6.45, 7) is 1.62. The lowest BCUT2D eigenvalue weighted by atomic mass is 10.00. The number of carbonyl (C=O) groups is 2. The fourth-order valence-corrected chi connectivity index (χ4v) is 4.26.